The van der Waals surface area contributed by atoms with Crippen LogP contribution in [0.3, 0.4) is 0 Å². The second kappa shape index (κ2) is 5.50. The molecule has 1 aliphatic rings. The van der Waals surface area contributed by atoms with Crippen LogP contribution in [0.25, 0.3) is 0 Å². The van der Waals surface area contributed by atoms with E-state index < -0.39 is 23.9 Å². The van der Waals surface area contributed by atoms with Gasteiger partial charge in [0.25, 0.3) is 6.43 Å². The third-order valence-corrected chi connectivity index (χ3v) is 3.62. The van der Waals surface area contributed by atoms with E-state index >= 15 is 0 Å². The highest BCUT2D eigenvalue weighted by Crippen LogP contribution is 2.32. The number of benzene rings is 1. The Hall–Kier alpha value is -1.86. The maximum absolute atomic E-state index is 13.1. The first-order valence-electron chi connectivity index (χ1n) is 6.58. The average Bonchev–Trinajstić information content (AvgIpc) is 2.90. The van der Waals surface area contributed by atoms with Crippen molar-refractivity contribution in [2.75, 3.05) is 6.54 Å². The number of imidazole rings is 1. The average molecular weight is 297 g/mol. The highest BCUT2D eigenvalue weighted by atomic mass is 19.3. The van der Waals surface area contributed by atoms with Crippen molar-refractivity contribution in [3.8, 4) is 0 Å². The number of aromatic nitrogens is 2. The highest BCUT2D eigenvalue weighted by molar-refractivity contribution is 5.35. The number of aliphatic hydroxyl groups excluding tert-OH is 1. The fourth-order valence-corrected chi connectivity index (χ4v) is 2.58. The van der Waals surface area contributed by atoms with Crippen LogP contribution in [-0.4, -0.2) is 21.2 Å². The van der Waals surface area contributed by atoms with E-state index in [9.17, 15) is 18.3 Å². The van der Waals surface area contributed by atoms with Crippen molar-refractivity contribution < 1.29 is 18.3 Å². The summed E-state index contributed by atoms with van der Waals surface area (Å²) in [7, 11) is 0. The number of nitrogens with zero attached hydrogens (tertiary/aromatic N) is 2. The zero-order valence-electron chi connectivity index (χ0n) is 11.1. The minimum absolute atomic E-state index is 0.00707. The summed E-state index contributed by atoms with van der Waals surface area (Å²) < 4.78 is 41.0. The number of fused-ring (bicyclic) bond motifs is 1. The Labute approximate surface area is 119 Å². The Balaban J connectivity index is 2.03. The molecule has 1 unspecified atom stereocenters. The van der Waals surface area contributed by atoms with Crippen LogP contribution in [0, 0.1) is 5.82 Å². The van der Waals surface area contributed by atoms with Crippen LogP contribution in [0.15, 0.2) is 24.4 Å². The summed E-state index contributed by atoms with van der Waals surface area (Å²) in [4.78, 5) is 4.17. The van der Waals surface area contributed by atoms with Gasteiger partial charge in [0.2, 0.25) is 0 Å². The van der Waals surface area contributed by atoms with Crippen LogP contribution in [0.5, 0.6) is 0 Å². The van der Waals surface area contributed by atoms with Gasteiger partial charge in [-0.1, -0.05) is 6.07 Å². The largest absolute Gasteiger partial charge is 0.382 e. The fraction of sp³-hybridized carbons (Fsp3) is 0.357. The smallest absolute Gasteiger partial charge is 0.264 e. The molecule has 2 heterocycles. The topological polar surface area (TPSA) is 50.1 Å². The zero-order valence-corrected chi connectivity index (χ0v) is 11.1. The van der Waals surface area contributed by atoms with E-state index in [-0.39, 0.29) is 5.56 Å². The van der Waals surface area contributed by atoms with Gasteiger partial charge in [-0.25, -0.2) is 18.2 Å². The normalized spacial score (nSPS) is 16.0. The second-order valence-electron chi connectivity index (χ2n) is 4.90. The zero-order chi connectivity index (χ0) is 15.0. The van der Waals surface area contributed by atoms with Gasteiger partial charge >= 0.3 is 0 Å². The van der Waals surface area contributed by atoms with Crippen LogP contribution in [-0.2, 0) is 13.1 Å². The maximum Gasteiger partial charge on any atom is 0.264 e. The summed E-state index contributed by atoms with van der Waals surface area (Å²) in [5.74, 6) is -0.00299. The lowest BCUT2D eigenvalue weighted by atomic mass is 10.00. The molecule has 1 aromatic heterocycles. The molecule has 1 aromatic carbocycles. The summed E-state index contributed by atoms with van der Waals surface area (Å²) in [5.41, 5.74) is -0.0420. The van der Waals surface area contributed by atoms with Gasteiger partial charge in [-0.2, -0.15) is 0 Å². The molecule has 0 saturated heterocycles. The van der Waals surface area contributed by atoms with Crippen molar-refractivity contribution in [3.63, 3.8) is 0 Å². The molecule has 3 rings (SSSR count). The van der Waals surface area contributed by atoms with Crippen LogP contribution in [0.1, 0.15) is 35.2 Å². The molecule has 0 fully saturated rings. The molecule has 4 nitrogen and oxygen atoms in total. The van der Waals surface area contributed by atoms with E-state index in [2.05, 4.69) is 10.3 Å². The van der Waals surface area contributed by atoms with E-state index in [0.717, 1.165) is 18.0 Å². The summed E-state index contributed by atoms with van der Waals surface area (Å²) >= 11 is 0. The number of alkyl halides is 2. The molecule has 21 heavy (non-hydrogen) atoms. The van der Waals surface area contributed by atoms with E-state index in [1.54, 1.807) is 4.57 Å². The summed E-state index contributed by atoms with van der Waals surface area (Å²) in [6, 6.07) is 3.03. The van der Waals surface area contributed by atoms with Crippen LogP contribution in [0.2, 0.25) is 0 Å². The number of rotatable bonds is 3. The summed E-state index contributed by atoms with van der Waals surface area (Å²) in [5, 5.41) is 13.6. The highest BCUT2D eigenvalue weighted by Gasteiger charge is 2.25. The van der Waals surface area contributed by atoms with Gasteiger partial charge in [0, 0.05) is 18.7 Å². The Kier molecular flexibility index (Phi) is 3.69. The molecule has 0 amide bonds. The van der Waals surface area contributed by atoms with E-state index in [1.807, 2.05) is 0 Å². The van der Waals surface area contributed by atoms with Gasteiger partial charge in [0.05, 0.1) is 18.4 Å². The van der Waals surface area contributed by atoms with Gasteiger partial charge in [-0.3, -0.25) is 0 Å². The Morgan fingerprint density at radius 1 is 1.29 bits per heavy atom. The van der Waals surface area contributed by atoms with Crippen LogP contribution in [0.4, 0.5) is 13.2 Å². The standard InChI is InChI=1S/C14H14F3N3O/c15-8-1-2-9(10(5-8)14(16)17)13(21)11-6-19-12-7-18-3-4-20(11)12/h1-2,5-6,13-14,18,21H,3-4,7H2. The van der Waals surface area contributed by atoms with Crippen molar-refractivity contribution >= 4 is 0 Å². The molecule has 2 aromatic rings. The lowest BCUT2D eigenvalue weighted by molar-refractivity contribution is 0.141. The fourth-order valence-electron chi connectivity index (χ4n) is 2.58. The van der Waals surface area contributed by atoms with E-state index in [0.29, 0.717) is 25.3 Å². The number of hydrogen-bond acceptors (Lipinski definition) is 3. The second-order valence-corrected chi connectivity index (χ2v) is 4.90. The maximum atomic E-state index is 13.1. The first kappa shape index (κ1) is 14.1. The number of aliphatic hydroxyl groups is 1. The Morgan fingerprint density at radius 3 is 2.86 bits per heavy atom. The predicted octanol–water partition coefficient (Wildman–Crippen LogP) is 2.14. The molecule has 1 atom stereocenters. The first-order chi connectivity index (χ1) is 10.1. The van der Waals surface area contributed by atoms with Gasteiger partial charge in [0.1, 0.15) is 17.7 Å². The van der Waals surface area contributed by atoms with Crippen molar-refractivity contribution in [1.82, 2.24) is 14.9 Å². The molecule has 2 N–H and O–H groups in total. The monoisotopic (exact) mass is 297 g/mol. The van der Waals surface area contributed by atoms with Gasteiger partial charge < -0.3 is 15.0 Å². The number of nitrogens with one attached hydrogen (secondary N) is 1. The lowest BCUT2D eigenvalue weighted by Gasteiger charge is -2.21. The van der Waals surface area contributed by atoms with E-state index in [1.165, 1.54) is 12.3 Å². The van der Waals surface area contributed by atoms with Crippen molar-refractivity contribution in [2.45, 2.75) is 25.6 Å². The molecule has 0 aliphatic carbocycles. The quantitative estimate of drug-likeness (QED) is 0.912. The minimum Gasteiger partial charge on any atom is -0.382 e. The number of hydrogen-bond donors (Lipinski definition) is 2. The lowest BCUT2D eigenvalue weighted by Crippen LogP contribution is -2.29. The van der Waals surface area contributed by atoms with Crippen LogP contribution < -0.4 is 5.32 Å². The number of halogens is 3. The summed E-state index contributed by atoms with van der Waals surface area (Å²) in [6.45, 7) is 1.89. The molecule has 7 heteroatoms. The molecule has 0 spiro atoms. The molecule has 112 valence electrons. The van der Waals surface area contributed by atoms with Crippen LogP contribution >= 0.6 is 0 Å². The van der Waals surface area contributed by atoms with Crippen molar-refractivity contribution in [3.05, 3.63) is 52.9 Å². The molecule has 1 aliphatic heterocycles. The Morgan fingerprint density at radius 2 is 2.10 bits per heavy atom. The summed E-state index contributed by atoms with van der Waals surface area (Å²) in [6.07, 6.45) is -2.63. The van der Waals surface area contributed by atoms with Gasteiger partial charge in [-0.05, 0) is 17.7 Å². The van der Waals surface area contributed by atoms with Gasteiger partial charge in [0.15, 0.2) is 0 Å². The third-order valence-electron chi connectivity index (χ3n) is 3.62. The molecule has 0 saturated carbocycles. The van der Waals surface area contributed by atoms with Crippen molar-refractivity contribution in [2.24, 2.45) is 0 Å². The third kappa shape index (κ3) is 2.54. The first-order valence-corrected chi connectivity index (χ1v) is 6.58. The molecule has 0 radical (unpaired) electrons. The van der Waals surface area contributed by atoms with Gasteiger partial charge in [-0.15, -0.1) is 0 Å². The van der Waals surface area contributed by atoms with Crippen molar-refractivity contribution in [1.29, 1.82) is 0 Å². The molecular formula is C14H14F3N3O. The predicted molar refractivity (Wildman–Crippen MR) is 69.4 cm³/mol. The SMILES string of the molecule is OC(c1ccc(F)cc1C(F)F)c1cnc2n1CCNC2. The minimum atomic E-state index is -2.85. The molecule has 0 bridgehead atoms. The van der Waals surface area contributed by atoms with E-state index in [4.69, 9.17) is 0 Å². The Bertz CT molecular complexity index is 657. The molecular weight excluding hydrogens is 283 g/mol.